The van der Waals surface area contributed by atoms with Gasteiger partial charge in [-0.1, -0.05) is 61.5 Å². The third-order valence-electron chi connectivity index (χ3n) is 18.5. The van der Waals surface area contributed by atoms with Gasteiger partial charge in [0.2, 0.25) is 41.7 Å². The number of carboxylic acid groups (broad SMARTS) is 1. The molecule has 0 saturated carbocycles. The summed E-state index contributed by atoms with van der Waals surface area (Å²) in [6.45, 7) is -3.30. The average Bonchev–Trinajstić information content (AvgIpc) is 1.76. The number of carbonyl (C=O) groups is 7. The van der Waals surface area contributed by atoms with E-state index in [1.54, 1.807) is 37.3 Å². The summed E-state index contributed by atoms with van der Waals surface area (Å²) in [6, 6.07) is 6.27. The summed E-state index contributed by atoms with van der Waals surface area (Å²) in [6.07, 6.45) is -31.7. The molecule has 7 heterocycles. The molecular weight excluding hydrogens is 1340 g/mol. The molecule has 39 nitrogen and oxygen atoms in total. The van der Waals surface area contributed by atoms with E-state index in [4.69, 9.17) is 44.0 Å². The van der Waals surface area contributed by atoms with Crippen LogP contribution in [0.1, 0.15) is 46.2 Å². The van der Waals surface area contributed by atoms with E-state index in [0.717, 1.165) is 4.90 Å². The van der Waals surface area contributed by atoms with E-state index in [1.807, 2.05) is 0 Å². The normalized spacial score (nSPS) is 36.3. The first-order valence-corrected chi connectivity index (χ1v) is 32.2. The Morgan fingerprint density at radius 3 is 1.90 bits per heavy atom. The van der Waals surface area contributed by atoms with Gasteiger partial charge >= 0.3 is 5.97 Å². The topological polar surface area (TPSA) is 606 Å². The molecule has 0 bridgehead atoms. The summed E-state index contributed by atoms with van der Waals surface area (Å²) in [5.74, 6) is -10.5. The zero-order valence-corrected chi connectivity index (χ0v) is 53.6. The van der Waals surface area contributed by atoms with Crippen LogP contribution in [0.25, 0.3) is 0 Å². The minimum Gasteiger partial charge on any atom is -0.478 e. The standard InChI is InChI=1S/C62H82N12O27/c1-23(25-5-3-2-4-6-25)37-53(90)68-29(15-24-7-13-28(14-8-24)96-59-47(86)44(83)49(34(21-77)98-59)101-60-48(87)45(84)50-35(99-60)22-95-58(100-50)27-11-9-26(10-12-27)57(93)94)52(89)72-38(40(79)30-16-66-61(63)70-30)55(92)73-39(54(91)69-31(19-75)51(88)65-18-36(78)71-37)41(80)32-17-67-62(64)74(32)56-46(85)43(82)42(81)33(20-76)97-56/h2-14,23,29-35,37-50,56,58-60,75-77,79-87H,15-22H2,1H3,(H2,64,67)(H,65,88)(H,68,90)(H,69,91)(H,71,78)(H,72,89)(H,73,92)(H,93,94)(H3,63,66,70). The minimum atomic E-state index is -2.37. The second kappa shape index (κ2) is 32.7. The number of fused-ring (bicyclic) bond motifs is 1. The number of aliphatic hydroxyl groups is 12. The van der Waals surface area contributed by atoms with Gasteiger partial charge in [-0.05, 0) is 35.4 Å². The molecule has 0 aromatic heterocycles. The van der Waals surface area contributed by atoms with E-state index in [1.165, 1.54) is 48.5 Å². The fraction of sp³-hybridized carbons (Fsp3) is 0.565. The van der Waals surface area contributed by atoms with E-state index in [9.17, 15) is 90.4 Å². The molecule has 7 aliphatic rings. The number of aliphatic hydroxyl groups excluding tert-OH is 12. The van der Waals surface area contributed by atoms with Gasteiger partial charge in [0.25, 0.3) is 0 Å². The smallest absolute Gasteiger partial charge is 0.335 e. The van der Waals surface area contributed by atoms with E-state index in [2.05, 4.69) is 47.9 Å². The lowest BCUT2D eigenvalue weighted by atomic mass is 9.92. The number of ether oxygens (including phenoxy) is 7. The highest BCUT2D eigenvalue weighted by molar-refractivity contribution is 5.98. The molecule has 101 heavy (non-hydrogen) atoms. The largest absolute Gasteiger partial charge is 0.478 e. The van der Waals surface area contributed by atoms with E-state index < -0.39 is 245 Å². The maximum Gasteiger partial charge on any atom is 0.335 e. The Balaban J connectivity index is 0.900. The number of amides is 6. The van der Waals surface area contributed by atoms with Crippen LogP contribution in [0.15, 0.2) is 78.9 Å². The molecule has 552 valence electrons. The van der Waals surface area contributed by atoms with Gasteiger partial charge in [0.15, 0.2) is 30.7 Å². The number of aromatic carboxylic acids is 1. The maximum absolute atomic E-state index is 15.2. The Kier molecular flexibility index (Phi) is 24.4. The number of rotatable bonds is 18. The van der Waals surface area contributed by atoms with Crippen molar-refractivity contribution < 1.29 is 133 Å². The van der Waals surface area contributed by atoms with Crippen LogP contribution in [0.3, 0.4) is 0 Å². The third-order valence-corrected chi connectivity index (χ3v) is 18.5. The molecule has 0 radical (unpaired) electrons. The van der Waals surface area contributed by atoms with Crippen molar-refractivity contribution in [2.45, 2.75) is 172 Å². The lowest BCUT2D eigenvalue weighted by Gasteiger charge is -2.48. The molecule has 7 saturated heterocycles. The lowest BCUT2D eigenvalue weighted by Crippen LogP contribution is -2.69. The van der Waals surface area contributed by atoms with Crippen molar-refractivity contribution in [2.75, 3.05) is 46.1 Å². The number of carbonyl (C=O) groups excluding carboxylic acids is 6. The SMILES string of the molecule is CC(c1ccccc1)C1NC(=O)CNC(=O)C(CO)NC(=O)C(C(O)C2CNC(=N)N2C2OC(CO)C(O)C(O)C2O)NC(=O)C(C(O)C2CNC(=N)N2)NC(=O)C(Cc2ccc(OC3OC(CO)C(OC4OC5COC(c6ccc(C(=O)O)cc6)OC5C(O)C4O)C(O)C3O)cc2)NC1=O. The first kappa shape index (κ1) is 75.2. The Hall–Kier alpha value is -8.43. The summed E-state index contributed by atoms with van der Waals surface area (Å²) in [4.78, 5) is 99.7. The highest BCUT2D eigenvalue weighted by Gasteiger charge is 2.56. The molecule has 3 aromatic carbocycles. The quantitative estimate of drug-likeness (QED) is 0.0562. The van der Waals surface area contributed by atoms with Crippen LogP contribution >= 0.6 is 0 Å². The number of guanidine groups is 2. The number of nitrogens with one attached hydrogen (secondary N) is 11. The molecule has 3 aromatic rings. The van der Waals surface area contributed by atoms with E-state index in [0.29, 0.717) is 11.1 Å². The number of benzene rings is 3. The lowest BCUT2D eigenvalue weighted by molar-refractivity contribution is -0.383. The summed E-state index contributed by atoms with van der Waals surface area (Å²) in [5.41, 5.74) is 1.10. The highest BCUT2D eigenvalue weighted by Crippen LogP contribution is 2.37. The van der Waals surface area contributed by atoms with Crippen LogP contribution < -0.4 is 52.6 Å². The predicted octanol–water partition coefficient (Wildman–Crippen LogP) is -10.7. The molecule has 7 fully saturated rings. The zero-order chi connectivity index (χ0) is 72.8. The van der Waals surface area contributed by atoms with Gasteiger partial charge in [-0.2, -0.15) is 0 Å². The number of carboxylic acids is 1. The summed E-state index contributed by atoms with van der Waals surface area (Å²) < 4.78 is 41.0. The van der Waals surface area contributed by atoms with Gasteiger partial charge in [-0.15, -0.1) is 0 Å². The molecule has 6 amide bonds. The fourth-order valence-electron chi connectivity index (χ4n) is 12.7. The van der Waals surface area contributed by atoms with Gasteiger partial charge in [-0.25, -0.2) is 4.79 Å². The van der Waals surface area contributed by atoms with Crippen LogP contribution in [0.4, 0.5) is 0 Å². The van der Waals surface area contributed by atoms with Gasteiger partial charge in [0.1, 0.15) is 121 Å². The number of hydrogen-bond acceptors (Lipinski definition) is 28. The maximum atomic E-state index is 15.2. The molecule has 26 unspecified atom stereocenters. The molecule has 39 heteroatoms. The van der Waals surface area contributed by atoms with Crippen molar-refractivity contribution in [3.8, 4) is 5.75 Å². The van der Waals surface area contributed by atoms with Gasteiger partial charge in [-0.3, -0.25) is 39.6 Å². The molecule has 26 atom stereocenters. The van der Waals surface area contributed by atoms with E-state index >= 15 is 9.59 Å². The Labute approximate surface area is 573 Å². The summed E-state index contributed by atoms with van der Waals surface area (Å²) in [7, 11) is 0. The van der Waals surface area contributed by atoms with Crippen LogP contribution in [0.5, 0.6) is 5.75 Å². The summed E-state index contributed by atoms with van der Waals surface area (Å²) >= 11 is 0. The van der Waals surface area contributed by atoms with Crippen molar-refractivity contribution in [1.29, 1.82) is 10.8 Å². The number of nitrogens with zero attached hydrogens (tertiary/aromatic N) is 1. The molecule has 10 rings (SSSR count). The van der Waals surface area contributed by atoms with Crippen LogP contribution in [-0.2, 0) is 63.6 Å². The van der Waals surface area contributed by atoms with Crippen molar-refractivity contribution in [2.24, 2.45) is 0 Å². The number of hydrogen-bond donors (Lipinski definition) is 24. The summed E-state index contributed by atoms with van der Waals surface area (Å²) in [5, 5.41) is 182. The van der Waals surface area contributed by atoms with Crippen LogP contribution in [-0.4, -0.2) is 317 Å². The Morgan fingerprint density at radius 1 is 0.604 bits per heavy atom. The van der Waals surface area contributed by atoms with Crippen molar-refractivity contribution in [3.05, 3.63) is 101 Å². The molecule has 7 aliphatic heterocycles. The monoisotopic (exact) mass is 1430 g/mol. The van der Waals surface area contributed by atoms with Crippen LogP contribution in [0.2, 0.25) is 0 Å². The second-order valence-corrected chi connectivity index (χ2v) is 25.1. The first-order chi connectivity index (χ1) is 48.2. The Bertz CT molecular complexity index is 3440. The van der Waals surface area contributed by atoms with Crippen molar-refractivity contribution in [3.63, 3.8) is 0 Å². The van der Waals surface area contributed by atoms with Gasteiger partial charge in [0, 0.05) is 31.0 Å². The highest BCUT2D eigenvalue weighted by atomic mass is 16.8. The predicted molar refractivity (Wildman–Crippen MR) is 335 cm³/mol. The molecule has 0 spiro atoms. The van der Waals surface area contributed by atoms with Crippen molar-refractivity contribution in [1.82, 2.24) is 52.8 Å². The molecular formula is C62H82N12O27. The first-order valence-electron chi connectivity index (χ1n) is 32.2. The van der Waals surface area contributed by atoms with Gasteiger partial charge in [0.05, 0.1) is 50.6 Å². The molecule has 24 N–H and O–H groups in total. The Morgan fingerprint density at radius 2 is 1.25 bits per heavy atom. The zero-order valence-electron chi connectivity index (χ0n) is 53.6. The van der Waals surface area contributed by atoms with E-state index in [-0.39, 0.29) is 36.0 Å². The second-order valence-electron chi connectivity index (χ2n) is 25.1. The van der Waals surface area contributed by atoms with Crippen LogP contribution in [0, 0.1) is 10.8 Å². The van der Waals surface area contributed by atoms with Gasteiger partial charge < -0.3 is 152 Å². The van der Waals surface area contributed by atoms with Crippen molar-refractivity contribution >= 4 is 53.3 Å². The molecule has 0 aliphatic carbocycles. The fourth-order valence-corrected chi connectivity index (χ4v) is 12.7. The minimum absolute atomic E-state index is 0.0000218. The third kappa shape index (κ3) is 16.7. The average molecular weight is 1430 g/mol.